The molecule has 0 amide bonds. The minimum absolute atomic E-state index is 0.145. The number of benzene rings is 1. The average molecular weight is 243 g/mol. The van der Waals surface area contributed by atoms with Crippen LogP contribution in [-0.2, 0) is 6.54 Å². The second-order valence-corrected chi connectivity index (χ2v) is 4.50. The molecular weight excluding hydrogens is 226 g/mol. The molecule has 4 heteroatoms. The van der Waals surface area contributed by atoms with Crippen molar-refractivity contribution < 1.29 is 0 Å². The van der Waals surface area contributed by atoms with E-state index in [0.717, 1.165) is 22.5 Å². The maximum Gasteiger partial charge on any atom is 0.271 e. The van der Waals surface area contributed by atoms with Gasteiger partial charge < -0.3 is 5.73 Å². The number of aryl methyl sites for hydroxylation is 3. The van der Waals surface area contributed by atoms with E-state index in [1.807, 2.05) is 39.0 Å². The van der Waals surface area contributed by atoms with Gasteiger partial charge >= 0.3 is 0 Å². The van der Waals surface area contributed by atoms with Gasteiger partial charge in [0.05, 0.1) is 11.4 Å². The summed E-state index contributed by atoms with van der Waals surface area (Å²) in [4.78, 5) is 12.0. The number of nitrogens with two attached hydrogens (primary N) is 1. The van der Waals surface area contributed by atoms with E-state index in [1.165, 1.54) is 10.2 Å². The molecule has 18 heavy (non-hydrogen) atoms. The Labute approximate surface area is 106 Å². The zero-order valence-corrected chi connectivity index (χ0v) is 10.9. The number of aromatic nitrogens is 2. The first-order chi connectivity index (χ1) is 8.52. The van der Waals surface area contributed by atoms with Gasteiger partial charge in [-0.2, -0.15) is 9.78 Å². The fourth-order valence-electron chi connectivity index (χ4n) is 2.00. The van der Waals surface area contributed by atoms with Crippen LogP contribution in [0.5, 0.6) is 0 Å². The summed E-state index contributed by atoms with van der Waals surface area (Å²) in [5.74, 6) is 0. The molecule has 0 aliphatic heterocycles. The third-order valence-electron chi connectivity index (χ3n) is 3.02. The highest BCUT2D eigenvalue weighted by atomic mass is 16.1. The predicted octanol–water partition coefficient (Wildman–Crippen LogP) is 1.62. The molecule has 2 rings (SSSR count). The van der Waals surface area contributed by atoms with Crippen LogP contribution in [0.3, 0.4) is 0 Å². The van der Waals surface area contributed by atoms with Crippen molar-refractivity contribution in [2.75, 3.05) is 0 Å². The third kappa shape index (κ3) is 2.19. The van der Waals surface area contributed by atoms with Crippen molar-refractivity contribution in [2.45, 2.75) is 27.3 Å². The van der Waals surface area contributed by atoms with Crippen molar-refractivity contribution in [1.82, 2.24) is 9.78 Å². The van der Waals surface area contributed by atoms with Crippen LogP contribution in [0.1, 0.15) is 22.4 Å². The summed E-state index contributed by atoms with van der Waals surface area (Å²) < 4.78 is 1.43. The highest BCUT2D eigenvalue weighted by molar-refractivity contribution is 5.42. The summed E-state index contributed by atoms with van der Waals surface area (Å²) in [6, 6.07) is 7.49. The molecule has 1 aromatic carbocycles. The van der Waals surface area contributed by atoms with E-state index in [2.05, 4.69) is 5.10 Å². The van der Waals surface area contributed by atoms with Gasteiger partial charge in [0.15, 0.2) is 0 Å². The van der Waals surface area contributed by atoms with Crippen molar-refractivity contribution in [3.8, 4) is 5.69 Å². The largest absolute Gasteiger partial charge is 0.326 e. The topological polar surface area (TPSA) is 60.9 Å². The lowest BCUT2D eigenvalue weighted by Crippen LogP contribution is -2.24. The van der Waals surface area contributed by atoms with Crippen molar-refractivity contribution in [1.29, 1.82) is 0 Å². The van der Waals surface area contributed by atoms with Gasteiger partial charge in [-0.25, -0.2) is 0 Å². The summed E-state index contributed by atoms with van der Waals surface area (Å²) in [5, 5.41) is 4.33. The Morgan fingerprint density at radius 2 is 1.94 bits per heavy atom. The summed E-state index contributed by atoms with van der Waals surface area (Å²) >= 11 is 0. The molecule has 0 saturated carbocycles. The normalized spacial score (nSPS) is 10.7. The van der Waals surface area contributed by atoms with Gasteiger partial charge in [0.1, 0.15) is 0 Å². The van der Waals surface area contributed by atoms with Gasteiger partial charge in [-0.15, -0.1) is 0 Å². The second-order valence-electron chi connectivity index (χ2n) is 4.50. The molecule has 2 N–H and O–H groups in total. The first kappa shape index (κ1) is 12.5. The highest BCUT2D eigenvalue weighted by Gasteiger charge is 2.08. The minimum Gasteiger partial charge on any atom is -0.326 e. The summed E-state index contributed by atoms with van der Waals surface area (Å²) in [7, 11) is 0. The van der Waals surface area contributed by atoms with E-state index in [-0.39, 0.29) is 5.56 Å². The Hall–Kier alpha value is -1.94. The van der Waals surface area contributed by atoms with E-state index >= 15 is 0 Å². The van der Waals surface area contributed by atoms with Crippen LogP contribution in [0.4, 0.5) is 0 Å². The molecule has 0 radical (unpaired) electrons. The molecule has 0 spiro atoms. The highest BCUT2D eigenvalue weighted by Crippen LogP contribution is 2.13. The Balaban J connectivity index is 2.64. The standard InChI is InChI=1S/C14H17N3O/c1-9-4-5-13(10(2)6-9)17-14(18)7-12(8-15)11(3)16-17/h4-7H,8,15H2,1-3H3. The minimum atomic E-state index is -0.145. The smallest absolute Gasteiger partial charge is 0.271 e. The average Bonchev–Trinajstić information content (AvgIpc) is 2.32. The summed E-state index contributed by atoms with van der Waals surface area (Å²) in [6.07, 6.45) is 0. The van der Waals surface area contributed by atoms with E-state index < -0.39 is 0 Å². The molecule has 0 aliphatic rings. The van der Waals surface area contributed by atoms with E-state index in [1.54, 1.807) is 6.07 Å². The van der Waals surface area contributed by atoms with Gasteiger partial charge in [-0.1, -0.05) is 17.7 Å². The fourth-order valence-corrected chi connectivity index (χ4v) is 2.00. The molecule has 1 aromatic heterocycles. The number of hydrogen-bond donors (Lipinski definition) is 1. The van der Waals surface area contributed by atoms with Gasteiger partial charge in [-0.3, -0.25) is 4.79 Å². The number of hydrogen-bond acceptors (Lipinski definition) is 3. The van der Waals surface area contributed by atoms with Crippen LogP contribution in [0.15, 0.2) is 29.1 Å². The SMILES string of the molecule is Cc1ccc(-n2nc(C)c(CN)cc2=O)c(C)c1. The monoisotopic (exact) mass is 243 g/mol. The molecule has 0 atom stereocenters. The molecule has 0 bridgehead atoms. The Bertz CT molecular complexity index is 644. The van der Waals surface area contributed by atoms with Gasteiger partial charge in [0.25, 0.3) is 5.56 Å². The number of nitrogens with zero attached hydrogens (tertiary/aromatic N) is 2. The lowest BCUT2D eigenvalue weighted by atomic mass is 10.1. The van der Waals surface area contributed by atoms with Crippen LogP contribution in [0.2, 0.25) is 0 Å². The van der Waals surface area contributed by atoms with Gasteiger partial charge in [-0.05, 0) is 38.0 Å². The number of rotatable bonds is 2. The fraction of sp³-hybridized carbons (Fsp3) is 0.286. The van der Waals surface area contributed by atoms with Crippen LogP contribution in [0, 0.1) is 20.8 Å². The molecule has 94 valence electrons. The van der Waals surface area contributed by atoms with Crippen molar-refractivity contribution in [3.63, 3.8) is 0 Å². The predicted molar refractivity (Wildman–Crippen MR) is 71.9 cm³/mol. The third-order valence-corrected chi connectivity index (χ3v) is 3.02. The molecule has 0 unspecified atom stereocenters. The van der Waals surface area contributed by atoms with E-state index in [0.29, 0.717) is 6.54 Å². The maximum absolute atomic E-state index is 12.0. The zero-order chi connectivity index (χ0) is 13.3. The summed E-state index contributed by atoms with van der Waals surface area (Å²) in [5.41, 5.74) is 10.0. The van der Waals surface area contributed by atoms with E-state index in [9.17, 15) is 4.79 Å². The molecule has 0 fully saturated rings. The van der Waals surface area contributed by atoms with Crippen molar-refractivity contribution >= 4 is 0 Å². The Morgan fingerprint density at radius 3 is 2.56 bits per heavy atom. The van der Waals surface area contributed by atoms with Crippen LogP contribution < -0.4 is 11.3 Å². The first-order valence-corrected chi connectivity index (χ1v) is 5.90. The van der Waals surface area contributed by atoms with Gasteiger partial charge in [0.2, 0.25) is 0 Å². The zero-order valence-electron chi connectivity index (χ0n) is 10.9. The Morgan fingerprint density at radius 1 is 1.22 bits per heavy atom. The van der Waals surface area contributed by atoms with Crippen LogP contribution >= 0.6 is 0 Å². The lowest BCUT2D eigenvalue weighted by molar-refractivity contribution is 0.762. The molecule has 2 aromatic rings. The second kappa shape index (κ2) is 4.74. The Kier molecular flexibility index (Phi) is 3.30. The van der Waals surface area contributed by atoms with Crippen LogP contribution in [0.25, 0.3) is 5.69 Å². The molecule has 0 aliphatic carbocycles. The lowest BCUT2D eigenvalue weighted by Gasteiger charge is -2.11. The molecule has 1 heterocycles. The van der Waals surface area contributed by atoms with Gasteiger partial charge in [0, 0.05) is 12.6 Å². The van der Waals surface area contributed by atoms with Crippen molar-refractivity contribution in [3.05, 3.63) is 57.0 Å². The van der Waals surface area contributed by atoms with E-state index in [4.69, 9.17) is 5.73 Å². The molecule has 4 nitrogen and oxygen atoms in total. The first-order valence-electron chi connectivity index (χ1n) is 5.90. The quantitative estimate of drug-likeness (QED) is 0.871. The maximum atomic E-state index is 12.0. The van der Waals surface area contributed by atoms with Crippen LogP contribution in [-0.4, -0.2) is 9.78 Å². The molecular formula is C14H17N3O. The summed E-state index contributed by atoms with van der Waals surface area (Å²) in [6.45, 7) is 6.20. The molecule has 0 saturated heterocycles. The van der Waals surface area contributed by atoms with Crippen molar-refractivity contribution in [2.24, 2.45) is 5.73 Å².